The number of alkyl carbamates (subject to hydrolysis) is 1. The zero-order valence-corrected chi connectivity index (χ0v) is 14.9. The van der Waals surface area contributed by atoms with Crippen LogP contribution in [0.1, 0.15) is 46.5 Å². The van der Waals surface area contributed by atoms with E-state index in [0.717, 1.165) is 0 Å². The van der Waals surface area contributed by atoms with Crippen molar-refractivity contribution < 1.29 is 29.0 Å². The molecule has 25 heavy (non-hydrogen) atoms. The molecule has 0 bridgehead atoms. The smallest absolute Gasteiger partial charge is 0.408 e. The van der Waals surface area contributed by atoms with Gasteiger partial charge in [0.25, 0.3) is 0 Å². The highest BCUT2D eigenvalue weighted by molar-refractivity contribution is 5.88. The monoisotopic (exact) mass is 357 g/mol. The summed E-state index contributed by atoms with van der Waals surface area (Å²) in [4.78, 5) is 47.3. The van der Waals surface area contributed by atoms with Gasteiger partial charge in [-0.1, -0.05) is 0 Å². The van der Waals surface area contributed by atoms with Gasteiger partial charge in [0, 0.05) is 19.5 Å². The van der Waals surface area contributed by atoms with Crippen LogP contribution in [0, 0.1) is 5.92 Å². The average molecular weight is 357 g/mol. The molecular weight excluding hydrogens is 330 g/mol. The van der Waals surface area contributed by atoms with Crippen molar-refractivity contribution in [2.24, 2.45) is 11.7 Å². The third-order valence-corrected chi connectivity index (χ3v) is 3.78. The Morgan fingerprint density at radius 1 is 1.36 bits per heavy atom. The fourth-order valence-corrected chi connectivity index (χ4v) is 2.54. The molecule has 1 aliphatic heterocycles. The molecule has 0 spiro atoms. The molecule has 0 aromatic heterocycles. The van der Waals surface area contributed by atoms with E-state index in [1.807, 2.05) is 0 Å². The van der Waals surface area contributed by atoms with Crippen LogP contribution in [-0.4, -0.2) is 58.6 Å². The van der Waals surface area contributed by atoms with E-state index in [0.29, 0.717) is 25.9 Å². The zero-order chi connectivity index (χ0) is 19.2. The Labute approximate surface area is 146 Å². The maximum atomic E-state index is 11.8. The second-order valence-electron chi connectivity index (χ2n) is 7.18. The van der Waals surface area contributed by atoms with Gasteiger partial charge in [-0.25, -0.2) is 9.59 Å². The fraction of sp³-hybridized carbons (Fsp3) is 0.750. The van der Waals surface area contributed by atoms with Crippen LogP contribution in [0.2, 0.25) is 0 Å². The number of aliphatic carboxylic acids is 1. The van der Waals surface area contributed by atoms with Crippen molar-refractivity contribution in [3.63, 3.8) is 0 Å². The molecule has 0 aromatic carbocycles. The number of hydrogen-bond acceptors (Lipinski definition) is 5. The number of primary amides is 1. The molecule has 9 heteroatoms. The Morgan fingerprint density at radius 3 is 2.48 bits per heavy atom. The number of rotatable bonds is 8. The van der Waals surface area contributed by atoms with Gasteiger partial charge in [-0.3, -0.25) is 9.59 Å². The summed E-state index contributed by atoms with van der Waals surface area (Å²) in [7, 11) is 0. The standard InChI is InChI=1S/C16H27N3O6/c1-16(2,3)25-15(24)18-11(14(22)23)6-4-5-7-19-9-10(13(17)21)8-12(19)20/h10-11H,4-9H2,1-3H3,(H2,17,21)(H,18,24)(H,22,23)/t10?,11-/m0/s1. The first-order chi connectivity index (χ1) is 11.5. The first kappa shape index (κ1) is 20.7. The van der Waals surface area contributed by atoms with E-state index in [9.17, 15) is 24.3 Å². The number of hydrogen-bond donors (Lipinski definition) is 3. The molecule has 0 radical (unpaired) electrons. The summed E-state index contributed by atoms with van der Waals surface area (Å²) in [6.07, 6.45) is 0.636. The van der Waals surface area contributed by atoms with Crippen LogP contribution in [0.3, 0.4) is 0 Å². The number of ether oxygens (including phenoxy) is 1. The van der Waals surface area contributed by atoms with Crippen molar-refractivity contribution in [3.8, 4) is 0 Å². The summed E-state index contributed by atoms with van der Waals surface area (Å²) in [5, 5.41) is 11.5. The number of nitrogens with zero attached hydrogens (tertiary/aromatic N) is 1. The number of nitrogens with one attached hydrogen (secondary N) is 1. The van der Waals surface area contributed by atoms with Crippen LogP contribution < -0.4 is 11.1 Å². The van der Waals surface area contributed by atoms with E-state index >= 15 is 0 Å². The summed E-state index contributed by atoms with van der Waals surface area (Å²) < 4.78 is 5.04. The van der Waals surface area contributed by atoms with E-state index in [1.54, 1.807) is 25.7 Å². The van der Waals surface area contributed by atoms with Gasteiger partial charge in [0.05, 0.1) is 5.92 Å². The van der Waals surface area contributed by atoms with Gasteiger partial charge in [-0.2, -0.15) is 0 Å². The number of likely N-dealkylation sites (tertiary alicyclic amines) is 1. The van der Waals surface area contributed by atoms with Crippen LogP contribution >= 0.6 is 0 Å². The van der Waals surface area contributed by atoms with Crippen LogP contribution in [0.25, 0.3) is 0 Å². The molecule has 1 fully saturated rings. The fourth-order valence-electron chi connectivity index (χ4n) is 2.54. The number of amides is 3. The first-order valence-corrected chi connectivity index (χ1v) is 8.29. The van der Waals surface area contributed by atoms with Crippen molar-refractivity contribution in [2.45, 2.75) is 58.1 Å². The Bertz CT molecular complexity index is 528. The van der Waals surface area contributed by atoms with E-state index in [2.05, 4.69) is 5.32 Å². The molecule has 1 unspecified atom stereocenters. The minimum atomic E-state index is -1.14. The first-order valence-electron chi connectivity index (χ1n) is 8.29. The highest BCUT2D eigenvalue weighted by Gasteiger charge is 2.32. The van der Waals surface area contributed by atoms with Crippen LogP contribution in [0.5, 0.6) is 0 Å². The molecule has 142 valence electrons. The molecule has 1 rings (SSSR count). The molecule has 9 nitrogen and oxygen atoms in total. The minimum absolute atomic E-state index is 0.120. The van der Waals surface area contributed by atoms with Crippen LogP contribution in [0.15, 0.2) is 0 Å². The predicted octanol–water partition coefficient (Wildman–Crippen LogP) is 0.468. The number of carbonyl (C=O) groups is 4. The minimum Gasteiger partial charge on any atom is -0.480 e. The third kappa shape index (κ3) is 7.40. The van der Waals surface area contributed by atoms with Gasteiger partial charge >= 0.3 is 12.1 Å². The molecule has 1 heterocycles. The van der Waals surface area contributed by atoms with E-state index in [1.165, 1.54) is 0 Å². The summed E-state index contributed by atoms with van der Waals surface area (Å²) >= 11 is 0. The van der Waals surface area contributed by atoms with Gasteiger partial charge < -0.3 is 25.8 Å². The van der Waals surface area contributed by atoms with E-state index in [-0.39, 0.29) is 18.7 Å². The van der Waals surface area contributed by atoms with Gasteiger partial charge in [-0.05, 0) is 40.0 Å². The number of nitrogens with two attached hydrogens (primary N) is 1. The Kier molecular flexibility index (Phi) is 7.20. The Hall–Kier alpha value is -2.32. The summed E-state index contributed by atoms with van der Waals surface area (Å²) in [5.41, 5.74) is 4.50. The summed E-state index contributed by atoms with van der Waals surface area (Å²) in [6.45, 7) is 5.81. The van der Waals surface area contributed by atoms with Gasteiger partial charge in [0.2, 0.25) is 11.8 Å². The maximum Gasteiger partial charge on any atom is 0.408 e. The summed E-state index contributed by atoms with van der Waals surface area (Å²) in [5.74, 6) is -2.20. The van der Waals surface area contributed by atoms with Crippen LogP contribution in [0.4, 0.5) is 4.79 Å². The number of carbonyl (C=O) groups excluding carboxylic acids is 3. The molecule has 2 atom stereocenters. The molecular formula is C16H27N3O6. The molecule has 4 N–H and O–H groups in total. The summed E-state index contributed by atoms with van der Waals surface area (Å²) in [6, 6.07) is -1.05. The molecule has 1 aliphatic rings. The van der Waals surface area contributed by atoms with Crippen molar-refractivity contribution in [3.05, 3.63) is 0 Å². The lowest BCUT2D eigenvalue weighted by Crippen LogP contribution is -2.43. The SMILES string of the molecule is CC(C)(C)OC(=O)N[C@@H](CCCCN1CC(C(N)=O)CC1=O)C(=O)O. The normalized spacial score (nSPS) is 18.8. The largest absolute Gasteiger partial charge is 0.480 e. The number of carboxylic acid groups (broad SMARTS) is 1. The lowest BCUT2D eigenvalue weighted by molar-refractivity contribution is -0.139. The highest BCUT2D eigenvalue weighted by Crippen LogP contribution is 2.18. The van der Waals surface area contributed by atoms with Gasteiger partial charge in [0.1, 0.15) is 11.6 Å². The molecule has 3 amide bonds. The molecule has 0 aliphatic carbocycles. The third-order valence-electron chi connectivity index (χ3n) is 3.78. The molecule has 0 aromatic rings. The van der Waals surface area contributed by atoms with Crippen molar-refractivity contribution >= 4 is 23.9 Å². The van der Waals surface area contributed by atoms with Crippen molar-refractivity contribution in [1.82, 2.24) is 10.2 Å². The molecule has 0 saturated carbocycles. The predicted molar refractivity (Wildman–Crippen MR) is 88.5 cm³/mol. The number of unbranched alkanes of at least 4 members (excludes halogenated alkanes) is 1. The second-order valence-corrected chi connectivity index (χ2v) is 7.18. The van der Waals surface area contributed by atoms with Crippen molar-refractivity contribution in [2.75, 3.05) is 13.1 Å². The van der Waals surface area contributed by atoms with E-state index < -0.39 is 35.5 Å². The maximum absolute atomic E-state index is 11.8. The molecule has 1 saturated heterocycles. The lowest BCUT2D eigenvalue weighted by Gasteiger charge is -2.22. The van der Waals surface area contributed by atoms with Gasteiger partial charge in [-0.15, -0.1) is 0 Å². The Balaban J connectivity index is 2.36. The quantitative estimate of drug-likeness (QED) is 0.540. The topological polar surface area (TPSA) is 139 Å². The lowest BCUT2D eigenvalue weighted by atomic mass is 10.1. The van der Waals surface area contributed by atoms with Crippen molar-refractivity contribution in [1.29, 1.82) is 0 Å². The van der Waals surface area contributed by atoms with Crippen LogP contribution in [-0.2, 0) is 19.1 Å². The number of carboxylic acids is 1. The van der Waals surface area contributed by atoms with Gasteiger partial charge in [0.15, 0.2) is 0 Å². The van der Waals surface area contributed by atoms with E-state index in [4.69, 9.17) is 10.5 Å². The highest BCUT2D eigenvalue weighted by atomic mass is 16.6. The Morgan fingerprint density at radius 2 is 2.00 bits per heavy atom. The average Bonchev–Trinajstić information content (AvgIpc) is 2.81. The zero-order valence-electron chi connectivity index (χ0n) is 14.9. The second kappa shape index (κ2) is 8.68.